The molecule has 0 saturated carbocycles. The summed E-state index contributed by atoms with van der Waals surface area (Å²) in [6.45, 7) is 4.77. The summed E-state index contributed by atoms with van der Waals surface area (Å²) in [6.07, 6.45) is 1.69. The predicted molar refractivity (Wildman–Crippen MR) is 134 cm³/mol. The van der Waals surface area contributed by atoms with Crippen LogP contribution in [0, 0.1) is 0 Å². The second-order valence-electron chi connectivity index (χ2n) is 8.15. The maximum absolute atomic E-state index is 12.9. The zero-order valence-electron chi connectivity index (χ0n) is 18.9. The van der Waals surface area contributed by atoms with Crippen LogP contribution in [0.3, 0.4) is 0 Å². The summed E-state index contributed by atoms with van der Waals surface area (Å²) in [5, 5.41) is 0.246. The number of imide groups is 1. The molecule has 2 fully saturated rings. The average molecular weight is 500 g/mol. The van der Waals surface area contributed by atoms with Crippen molar-refractivity contribution < 1.29 is 19.1 Å². The van der Waals surface area contributed by atoms with Gasteiger partial charge in [-0.05, 0) is 53.2 Å². The number of rotatable bonds is 7. The first-order valence-corrected chi connectivity index (χ1v) is 12.2. The fourth-order valence-corrected chi connectivity index (χ4v) is 4.96. The molecule has 2 aliphatic heterocycles. The van der Waals surface area contributed by atoms with Gasteiger partial charge in [-0.25, -0.2) is 0 Å². The van der Waals surface area contributed by atoms with E-state index in [1.54, 1.807) is 55.7 Å². The molecule has 0 spiro atoms. The number of thioether (sulfide) groups is 1. The molecule has 2 aromatic rings. The van der Waals surface area contributed by atoms with Gasteiger partial charge in [-0.15, -0.1) is 0 Å². The molecule has 2 saturated heterocycles. The van der Waals surface area contributed by atoms with Crippen LogP contribution >= 0.6 is 23.4 Å². The third kappa shape index (κ3) is 5.88. The standard InChI is InChI=1S/C25H26ClN3O4S/c1-33-14-13-27-9-11-28(12-10-27)23(30)20-7-5-18(6-8-20)16-22-24(31)29(25(32)34-22)17-19-3-2-4-21(26)15-19/h2-8,15-16H,9-14,17H2,1H3. The van der Waals surface area contributed by atoms with E-state index in [0.29, 0.717) is 35.2 Å². The zero-order chi connectivity index (χ0) is 24.1. The summed E-state index contributed by atoms with van der Waals surface area (Å²) in [7, 11) is 1.69. The number of benzene rings is 2. The Morgan fingerprint density at radius 2 is 1.82 bits per heavy atom. The molecule has 34 heavy (non-hydrogen) atoms. The number of carbonyl (C=O) groups is 3. The number of nitrogens with zero attached hydrogens (tertiary/aromatic N) is 3. The van der Waals surface area contributed by atoms with Gasteiger partial charge in [-0.2, -0.15) is 0 Å². The van der Waals surface area contributed by atoms with Crippen molar-refractivity contribution in [2.75, 3.05) is 46.4 Å². The number of hydrogen-bond acceptors (Lipinski definition) is 6. The highest BCUT2D eigenvalue weighted by atomic mass is 35.5. The Morgan fingerprint density at radius 3 is 2.50 bits per heavy atom. The number of piperazine rings is 1. The van der Waals surface area contributed by atoms with Gasteiger partial charge in [0.25, 0.3) is 17.1 Å². The molecule has 178 valence electrons. The normalized spacial score (nSPS) is 18.2. The lowest BCUT2D eigenvalue weighted by atomic mass is 10.1. The highest BCUT2D eigenvalue weighted by Gasteiger charge is 2.35. The van der Waals surface area contributed by atoms with E-state index < -0.39 is 0 Å². The van der Waals surface area contributed by atoms with E-state index >= 15 is 0 Å². The quantitative estimate of drug-likeness (QED) is 0.537. The molecular weight excluding hydrogens is 474 g/mol. The molecule has 9 heteroatoms. The van der Waals surface area contributed by atoms with Gasteiger partial charge in [0.2, 0.25) is 0 Å². The van der Waals surface area contributed by atoms with Gasteiger partial charge in [-0.1, -0.05) is 35.9 Å². The van der Waals surface area contributed by atoms with E-state index in [-0.39, 0.29) is 23.6 Å². The number of hydrogen-bond donors (Lipinski definition) is 0. The van der Waals surface area contributed by atoms with Gasteiger partial charge < -0.3 is 9.64 Å². The fraction of sp³-hybridized carbons (Fsp3) is 0.320. The lowest BCUT2D eigenvalue weighted by molar-refractivity contribution is -0.123. The van der Waals surface area contributed by atoms with E-state index in [1.807, 2.05) is 11.0 Å². The number of halogens is 1. The van der Waals surface area contributed by atoms with Gasteiger partial charge in [0.15, 0.2) is 0 Å². The Morgan fingerprint density at radius 1 is 1.09 bits per heavy atom. The first-order valence-electron chi connectivity index (χ1n) is 11.0. The lowest BCUT2D eigenvalue weighted by Gasteiger charge is -2.34. The molecule has 0 atom stereocenters. The number of ether oxygens (including phenoxy) is 1. The van der Waals surface area contributed by atoms with Crippen molar-refractivity contribution in [1.29, 1.82) is 0 Å². The maximum atomic E-state index is 12.9. The van der Waals surface area contributed by atoms with Crippen LogP contribution in [0.1, 0.15) is 21.5 Å². The molecule has 7 nitrogen and oxygen atoms in total. The maximum Gasteiger partial charge on any atom is 0.293 e. The Hall–Kier alpha value is -2.65. The summed E-state index contributed by atoms with van der Waals surface area (Å²) < 4.78 is 5.12. The first-order chi connectivity index (χ1) is 16.4. The van der Waals surface area contributed by atoms with Crippen LogP contribution in [0.2, 0.25) is 5.02 Å². The van der Waals surface area contributed by atoms with Crippen molar-refractivity contribution in [2.24, 2.45) is 0 Å². The summed E-state index contributed by atoms with van der Waals surface area (Å²) in [4.78, 5) is 43.8. The number of carbonyl (C=O) groups excluding carboxylic acids is 3. The van der Waals surface area contributed by atoms with Crippen LogP contribution in [0.15, 0.2) is 53.4 Å². The molecule has 0 N–H and O–H groups in total. The molecule has 3 amide bonds. The molecule has 0 radical (unpaired) electrons. The predicted octanol–water partition coefficient (Wildman–Crippen LogP) is 3.98. The minimum Gasteiger partial charge on any atom is -0.383 e. The second-order valence-corrected chi connectivity index (χ2v) is 9.58. The SMILES string of the molecule is COCCN1CCN(C(=O)c2ccc(C=C3SC(=O)N(Cc4cccc(Cl)c4)C3=O)cc2)CC1. The summed E-state index contributed by atoms with van der Waals surface area (Å²) in [6, 6.07) is 14.2. The molecule has 0 aromatic heterocycles. The van der Waals surface area contributed by atoms with Crippen molar-refractivity contribution >= 4 is 46.5 Å². The van der Waals surface area contributed by atoms with Crippen LogP contribution in [0.5, 0.6) is 0 Å². The number of methoxy groups -OCH3 is 1. The molecule has 2 aromatic carbocycles. The molecule has 2 aliphatic rings. The Bertz CT molecular complexity index is 1100. The van der Waals surface area contributed by atoms with E-state index in [9.17, 15) is 14.4 Å². The van der Waals surface area contributed by atoms with Gasteiger partial charge in [0.1, 0.15) is 0 Å². The van der Waals surface area contributed by atoms with Gasteiger partial charge in [0, 0.05) is 50.4 Å². The third-order valence-corrected chi connectivity index (χ3v) is 6.97. The van der Waals surface area contributed by atoms with E-state index in [4.69, 9.17) is 16.3 Å². The third-order valence-electron chi connectivity index (χ3n) is 5.83. The summed E-state index contributed by atoms with van der Waals surface area (Å²) >= 11 is 6.93. The van der Waals surface area contributed by atoms with Gasteiger partial charge in [-0.3, -0.25) is 24.2 Å². The molecule has 2 heterocycles. The Kier molecular flexibility index (Phi) is 8.05. The van der Waals surface area contributed by atoms with E-state index in [1.165, 1.54) is 4.90 Å². The minimum absolute atomic E-state index is 0.000197. The lowest BCUT2D eigenvalue weighted by Crippen LogP contribution is -2.49. The van der Waals surface area contributed by atoms with Crippen LogP contribution in [0.25, 0.3) is 6.08 Å². The van der Waals surface area contributed by atoms with Crippen molar-refractivity contribution in [3.05, 3.63) is 75.1 Å². The second kappa shape index (κ2) is 11.2. The van der Waals surface area contributed by atoms with Crippen LogP contribution < -0.4 is 0 Å². The van der Waals surface area contributed by atoms with Gasteiger partial charge >= 0.3 is 0 Å². The van der Waals surface area contributed by atoms with E-state index in [0.717, 1.165) is 42.5 Å². The van der Waals surface area contributed by atoms with Crippen molar-refractivity contribution in [3.63, 3.8) is 0 Å². The fourth-order valence-electron chi connectivity index (χ4n) is 3.91. The smallest absolute Gasteiger partial charge is 0.293 e. The van der Waals surface area contributed by atoms with Crippen LogP contribution in [0.4, 0.5) is 4.79 Å². The minimum atomic E-state index is -0.332. The van der Waals surface area contributed by atoms with Crippen LogP contribution in [-0.4, -0.2) is 78.2 Å². The zero-order valence-corrected chi connectivity index (χ0v) is 20.5. The molecule has 0 unspecified atom stereocenters. The highest BCUT2D eigenvalue weighted by Crippen LogP contribution is 2.33. The summed E-state index contributed by atoms with van der Waals surface area (Å²) in [5.74, 6) is -0.332. The Balaban J connectivity index is 1.37. The molecule has 4 rings (SSSR count). The highest BCUT2D eigenvalue weighted by molar-refractivity contribution is 8.18. The Labute approximate surface area is 208 Å². The van der Waals surface area contributed by atoms with Crippen molar-refractivity contribution in [3.8, 4) is 0 Å². The van der Waals surface area contributed by atoms with Crippen LogP contribution in [-0.2, 0) is 16.1 Å². The molecule has 0 aliphatic carbocycles. The topological polar surface area (TPSA) is 70.2 Å². The average Bonchev–Trinajstić information content (AvgIpc) is 3.10. The molecule has 0 bridgehead atoms. The van der Waals surface area contributed by atoms with Gasteiger partial charge in [0.05, 0.1) is 18.1 Å². The monoisotopic (exact) mass is 499 g/mol. The van der Waals surface area contributed by atoms with Crippen molar-refractivity contribution in [1.82, 2.24) is 14.7 Å². The summed E-state index contributed by atoms with van der Waals surface area (Å²) in [5.41, 5.74) is 2.16. The molecular formula is C25H26ClN3O4S. The largest absolute Gasteiger partial charge is 0.383 e. The van der Waals surface area contributed by atoms with E-state index in [2.05, 4.69) is 4.90 Å². The number of amides is 3. The van der Waals surface area contributed by atoms with Crippen molar-refractivity contribution in [2.45, 2.75) is 6.54 Å². The first kappa shape index (κ1) is 24.5.